The highest BCUT2D eigenvalue weighted by Gasteiger charge is 2.11. The predicted octanol–water partition coefficient (Wildman–Crippen LogP) is 3.83. The summed E-state index contributed by atoms with van der Waals surface area (Å²) in [5.41, 5.74) is 2.14. The van der Waals surface area contributed by atoms with E-state index in [2.05, 4.69) is 22.5 Å². The molecule has 4 nitrogen and oxygen atoms in total. The fourth-order valence-corrected chi connectivity index (χ4v) is 3.23. The molecule has 2 N–H and O–H groups in total. The molecule has 0 saturated heterocycles. The lowest BCUT2D eigenvalue weighted by Crippen LogP contribution is -2.40. The maximum absolute atomic E-state index is 5.93. The van der Waals surface area contributed by atoms with Crippen LogP contribution in [0.25, 0.3) is 11.3 Å². The summed E-state index contributed by atoms with van der Waals surface area (Å²) in [5.74, 6) is 0.877. The summed E-state index contributed by atoms with van der Waals surface area (Å²) in [6, 6.07) is 7.81. The summed E-state index contributed by atoms with van der Waals surface area (Å²) in [6.07, 6.45) is 1.10. The molecule has 22 heavy (non-hydrogen) atoms. The van der Waals surface area contributed by atoms with E-state index in [9.17, 15) is 0 Å². The number of nitrogens with one attached hydrogen (secondary N) is 2. The predicted molar refractivity (Wildman–Crippen MR) is 104 cm³/mol. The highest BCUT2D eigenvalue weighted by molar-refractivity contribution is 14.0. The minimum absolute atomic E-state index is 0. The minimum Gasteiger partial charge on any atom is -0.356 e. The molecule has 0 aliphatic carbocycles. The molecule has 0 fully saturated rings. The number of rotatable bonds is 3. The monoisotopic (exact) mass is 448 g/mol. The van der Waals surface area contributed by atoms with Crippen LogP contribution in [0.3, 0.4) is 0 Å². The second-order valence-electron chi connectivity index (χ2n) is 4.88. The van der Waals surface area contributed by atoms with Crippen molar-refractivity contribution in [1.82, 2.24) is 15.6 Å². The molecular weight excluding hydrogens is 431 g/mol. The van der Waals surface area contributed by atoms with E-state index in [-0.39, 0.29) is 24.0 Å². The summed E-state index contributed by atoms with van der Waals surface area (Å²) in [6.45, 7) is 4.67. The van der Waals surface area contributed by atoms with Crippen molar-refractivity contribution in [2.75, 3.05) is 13.1 Å². The van der Waals surface area contributed by atoms with Crippen LogP contribution < -0.4 is 10.6 Å². The molecule has 0 saturated carbocycles. The largest absolute Gasteiger partial charge is 0.356 e. The molecule has 2 aromatic rings. The van der Waals surface area contributed by atoms with Crippen molar-refractivity contribution in [1.29, 1.82) is 0 Å². The summed E-state index contributed by atoms with van der Waals surface area (Å²) in [7, 11) is 0. The molecule has 0 radical (unpaired) electrons. The number of thiazole rings is 1. The van der Waals surface area contributed by atoms with Crippen LogP contribution in [0.15, 0.2) is 29.3 Å². The van der Waals surface area contributed by atoms with Gasteiger partial charge in [0.25, 0.3) is 0 Å². The topological polar surface area (TPSA) is 49.3 Å². The average Bonchev–Trinajstić information content (AvgIpc) is 2.88. The summed E-state index contributed by atoms with van der Waals surface area (Å²) in [4.78, 5) is 10.3. The normalized spacial score (nSPS) is 13.8. The zero-order valence-corrected chi connectivity index (χ0v) is 16.1. The number of aliphatic imine (C=N–C) groups is 1. The highest BCUT2D eigenvalue weighted by atomic mass is 127. The van der Waals surface area contributed by atoms with Gasteiger partial charge in [-0.1, -0.05) is 23.7 Å². The second kappa shape index (κ2) is 8.12. The molecule has 1 aliphatic heterocycles. The van der Waals surface area contributed by atoms with Gasteiger partial charge in [-0.2, -0.15) is 0 Å². The third-order valence-corrected chi connectivity index (χ3v) is 4.49. The van der Waals surface area contributed by atoms with E-state index >= 15 is 0 Å². The Hall–Kier alpha value is -0.860. The van der Waals surface area contributed by atoms with Gasteiger partial charge in [-0.15, -0.1) is 35.3 Å². The molecule has 3 rings (SSSR count). The van der Waals surface area contributed by atoms with Gasteiger partial charge in [0.2, 0.25) is 0 Å². The average molecular weight is 449 g/mol. The van der Waals surface area contributed by atoms with Crippen molar-refractivity contribution in [3.8, 4) is 11.3 Å². The number of aryl methyl sites for hydroxylation is 1. The molecule has 118 valence electrons. The SMILES string of the molecule is Cc1sc(CNC2=NCCCN2)nc1-c1ccc(Cl)cc1.I. The number of halogens is 2. The maximum Gasteiger partial charge on any atom is 0.191 e. The third kappa shape index (κ3) is 4.33. The Morgan fingerprint density at radius 1 is 1.32 bits per heavy atom. The van der Waals surface area contributed by atoms with Crippen LogP contribution in [0.2, 0.25) is 5.02 Å². The van der Waals surface area contributed by atoms with Crippen LogP contribution in [0.4, 0.5) is 0 Å². The molecule has 2 heterocycles. The van der Waals surface area contributed by atoms with Gasteiger partial charge in [0.05, 0.1) is 12.2 Å². The number of aromatic nitrogens is 1. The van der Waals surface area contributed by atoms with E-state index in [1.54, 1.807) is 11.3 Å². The number of guanidine groups is 1. The van der Waals surface area contributed by atoms with Crippen molar-refractivity contribution in [2.45, 2.75) is 19.9 Å². The van der Waals surface area contributed by atoms with Crippen LogP contribution >= 0.6 is 46.9 Å². The van der Waals surface area contributed by atoms with Gasteiger partial charge in [0.1, 0.15) is 5.01 Å². The lowest BCUT2D eigenvalue weighted by Gasteiger charge is -2.14. The van der Waals surface area contributed by atoms with Crippen molar-refractivity contribution >= 4 is 52.9 Å². The van der Waals surface area contributed by atoms with Crippen LogP contribution in [0, 0.1) is 6.92 Å². The summed E-state index contributed by atoms with van der Waals surface area (Å²) < 4.78 is 0. The quantitative estimate of drug-likeness (QED) is 0.702. The standard InChI is InChI=1S/C15H17ClN4S.HI/c1-10-14(11-3-5-12(16)6-4-11)20-13(21-10)9-19-15-17-7-2-8-18-15;/h3-6H,2,7-9H2,1H3,(H2,17,18,19);1H. The molecule has 7 heteroatoms. The first kappa shape index (κ1) is 17.5. The third-order valence-electron chi connectivity index (χ3n) is 3.26. The Labute approximate surface area is 156 Å². The molecule has 1 aliphatic rings. The summed E-state index contributed by atoms with van der Waals surface area (Å²) in [5, 5.41) is 8.36. The Kier molecular flexibility index (Phi) is 6.46. The Balaban J connectivity index is 0.00000176. The van der Waals surface area contributed by atoms with Crippen molar-refractivity contribution in [2.24, 2.45) is 4.99 Å². The first-order valence-electron chi connectivity index (χ1n) is 6.97. The first-order valence-corrected chi connectivity index (χ1v) is 8.16. The Morgan fingerprint density at radius 3 is 2.77 bits per heavy atom. The van der Waals surface area contributed by atoms with Gasteiger partial charge < -0.3 is 10.6 Å². The fraction of sp³-hybridized carbons (Fsp3) is 0.333. The molecular formula is C15H18ClIN4S. The number of hydrogen-bond donors (Lipinski definition) is 2. The highest BCUT2D eigenvalue weighted by Crippen LogP contribution is 2.28. The smallest absolute Gasteiger partial charge is 0.191 e. The zero-order chi connectivity index (χ0) is 14.7. The van der Waals surface area contributed by atoms with E-state index < -0.39 is 0 Å². The van der Waals surface area contributed by atoms with Gasteiger partial charge in [-0.3, -0.25) is 4.99 Å². The number of benzene rings is 1. The van der Waals surface area contributed by atoms with Crippen molar-refractivity contribution in [3.05, 3.63) is 39.2 Å². The van der Waals surface area contributed by atoms with Gasteiger partial charge >= 0.3 is 0 Å². The van der Waals surface area contributed by atoms with E-state index in [1.165, 1.54) is 4.88 Å². The maximum atomic E-state index is 5.93. The number of hydrogen-bond acceptors (Lipinski definition) is 5. The molecule has 0 spiro atoms. The lowest BCUT2D eigenvalue weighted by atomic mass is 10.1. The van der Waals surface area contributed by atoms with Crippen LogP contribution in [0.1, 0.15) is 16.3 Å². The fourth-order valence-electron chi connectivity index (χ4n) is 2.21. The van der Waals surface area contributed by atoms with Crippen molar-refractivity contribution in [3.63, 3.8) is 0 Å². The molecule has 1 aromatic heterocycles. The van der Waals surface area contributed by atoms with Crippen LogP contribution in [-0.2, 0) is 6.54 Å². The van der Waals surface area contributed by atoms with Gasteiger partial charge in [0, 0.05) is 28.6 Å². The molecule has 0 unspecified atom stereocenters. The van der Waals surface area contributed by atoms with Crippen molar-refractivity contribution < 1.29 is 0 Å². The number of nitrogens with zero attached hydrogens (tertiary/aromatic N) is 2. The Bertz CT molecular complexity index is 654. The van der Waals surface area contributed by atoms with Crippen LogP contribution in [0.5, 0.6) is 0 Å². The molecule has 0 amide bonds. The second-order valence-corrected chi connectivity index (χ2v) is 6.61. The summed E-state index contributed by atoms with van der Waals surface area (Å²) >= 11 is 7.64. The van der Waals surface area contributed by atoms with Gasteiger partial charge in [-0.05, 0) is 25.5 Å². The lowest BCUT2D eigenvalue weighted by molar-refractivity contribution is 0.701. The molecule has 0 bridgehead atoms. The van der Waals surface area contributed by atoms with Gasteiger partial charge in [0.15, 0.2) is 5.96 Å². The van der Waals surface area contributed by atoms with E-state index in [0.717, 1.165) is 46.8 Å². The molecule has 1 aromatic carbocycles. The Morgan fingerprint density at radius 2 is 2.09 bits per heavy atom. The zero-order valence-electron chi connectivity index (χ0n) is 12.2. The minimum atomic E-state index is 0. The van der Waals surface area contributed by atoms with E-state index in [0.29, 0.717) is 6.54 Å². The van der Waals surface area contributed by atoms with Gasteiger partial charge in [-0.25, -0.2) is 4.98 Å². The molecule has 0 atom stereocenters. The van der Waals surface area contributed by atoms with Crippen LogP contribution in [-0.4, -0.2) is 24.0 Å². The first-order chi connectivity index (χ1) is 10.2. The van der Waals surface area contributed by atoms with E-state index in [1.807, 2.05) is 24.3 Å². The van der Waals surface area contributed by atoms with E-state index in [4.69, 9.17) is 16.6 Å².